The molecule has 0 aliphatic carbocycles. The van der Waals surface area contributed by atoms with Gasteiger partial charge < -0.3 is 20.1 Å². The van der Waals surface area contributed by atoms with Crippen molar-refractivity contribution in [2.45, 2.75) is 19.9 Å². The second-order valence-corrected chi connectivity index (χ2v) is 5.99. The minimum Gasteiger partial charge on any atom is -0.456 e. The fourth-order valence-electron chi connectivity index (χ4n) is 2.15. The number of amides is 2. The van der Waals surface area contributed by atoms with Crippen LogP contribution in [0.3, 0.4) is 0 Å². The van der Waals surface area contributed by atoms with Crippen LogP contribution in [-0.2, 0) is 14.3 Å². The van der Waals surface area contributed by atoms with Crippen molar-refractivity contribution in [3.05, 3.63) is 60.2 Å². The van der Waals surface area contributed by atoms with Crippen molar-refractivity contribution in [2.75, 3.05) is 13.2 Å². The lowest BCUT2D eigenvalue weighted by molar-refractivity contribution is -0.128. The minimum absolute atomic E-state index is 0.0200. The van der Waals surface area contributed by atoms with E-state index in [1.807, 2.05) is 32.0 Å². The Balaban J connectivity index is 1.89. The Kier molecular flexibility index (Phi) is 7.37. The fraction of sp³-hybridized carbons (Fsp3) is 0.250. The fourth-order valence-corrected chi connectivity index (χ4v) is 2.15. The third-order valence-electron chi connectivity index (χ3n) is 3.31. The minimum atomic E-state index is -0.691. The molecule has 0 saturated carbocycles. The van der Waals surface area contributed by atoms with Gasteiger partial charge in [-0.05, 0) is 38.1 Å². The smallest absolute Gasteiger partial charge is 0.342 e. The SMILES string of the molecule is CC(C)NC(=O)CNC(=O)COC(=O)c1ccccc1Oc1ccccc1. The average Bonchev–Trinajstić information content (AvgIpc) is 2.65. The summed E-state index contributed by atoms with van der Waals surface area (Å²) >= 11 is 0. The topological polar surface area (TPSA) is 93.7 Å². The van der Waals surface area contributed by atoms with Crippen LogP contribution in [0.1, 0.15) is 24.2 Å². The monoisotopic (exact) mass is 370 g/mol. The normalized spacial score (nSPS) is 10.2. The summed E-state index contributed by atoms with van der Waals surface area (Å²) in [6, 6.07) is 15.6. The number of carbonyl (C=O) groups excluding carboxylic acids is 3. The summed E-state index contributed by atoms with van der Waals surface area (Å²) in [5.74, 6) is -0.671. The van der Waals surface area contributed by atoms with Crippen LogP contribution in [0.4, 0.5) is 0 Å². The molecule has 0 fully saturated rings. The van der Waals surface area contributed by atoms with Crippen molar-refractivity contribution in [1.82, 2.24) is 10.6 Å². The number of hydrogen-bond acceptors (Lipinski definition) is 5. The summed E-state index contributed by atoms with van der Waals surface area (Å²) < 4.78 is 10.7. The molecule has 2 N–H and O–H groups in total. The molecule has 0 radical (unpaired) electrons. The highest BCUT2D eigenvalue weighted by molar-refractivity contribution is 5.94. The van der Waals surface area contributed by atoms with Gasteiger partial charge in [0.1, 0.15) is 17.1 Å². The molecule has 27 heavy (non-hydrogen) atoms. The summed E-state index contributed by atoms with van der Waals surface area (Å²) in [6.07, 6.45) is 0. The molecular weight excluding hydrogens is 348 g/mol. The molecule has 0 saturated heterocycles. The molecule has 2 aromatic carbocycles. The second kappa shape index (κ2) is 9.96. The van der Waals surface area contributed by atoms with E-state index >= 15 is 0 Å². The van der Waals surface area contributed by atoms with E-state index in [2.05, 4.69) is 10.6 Å². The first-order chi connectivity index (χ1) is 13.0. The molecule has 0 aromatic heterocycles. The van der Waals surface area contributed by atoms with Crippen LogP contribution < -0.4 is 15.4 Å². The molecule has 0 bridgehead atoms. The number of hydrogen-bond donors (Lipinski definition) is 2. The number of para-hydroxylation sites is 2. The van der Waals surface area contributed by atoms with E-state index in [0.717, 1.165) is 0 Å². The van der Waals surface area contributed by atoms with Crippen molar-refractivity contribution in [2.24, 2.45) is 0 Å². The standard InChI is InChI=1S/C20H22N2O5/c1-14(2)22-18(23)12-21-19(24)13-26-20(25)16-10-6-7-11-17(16)27-15-8-4-3-5-9-15/h3-11,14H,12-13H2,1-2H3,(H,21,24)(H,22,23). The Morgan fingerprint density at radius 1 is 0.926 bits per heavy atom. The van der Waals surface area contributed by atoms with Gasteiger partial charge in [0.05, 0.1) is 6.54 Å². The van der Waals surface area contributed by atoms with E-state index in [0.29, 0.717) is 11.5 Å². The molecule has 0 unspecified atom stereocenters. The summed E-state index contributed by atoms with van der Waals surface area (Å²) in [5.41, 5.74) is 0.201. The van der Waals surface area contributed by atoms with Gasteiger partial charge in [0, 0.05) is 6.04 Å². The maximum absolute atomic E-state index is 12.3. The highest BCUT2D eigenvalue weighted by Gasteiger charge is 2.16. The first kappa shape index (κ1) is 20.0. The lowest BCUT2D eigenvalue weighted by Gasteiger charge is -2.11. The van der Waals surface area contributed by atoms with Crippen molar-refractivity contribution in [3.8, 4) is 11.5 Å². The third-order valence-corrected chi connectivity index (χ3v) is 3.31. The summed E-state index contributed by atoms with van der Waals surface area (Å²) in [4.78, 5) is 35.5. The largest absolute Gasteiger partial charge is 0.456 e. The molecule has 142 valence electrons. The van der Waals surface area contributed by atoms with E-state index in [1.165, 1.54) is 0 Å². The van der Waals surface area contributed by atoms with E-state index < -0.39 is 18.5 Å². The van der Waals surface area contributed by atoms with Crippen molar-refractivity contribution in [3.63, 3.8) is 0 Å². The van der Waals surface area contributed by atoms with Crippen molar-refractivity contribution >= 4 is 17.8 Å². The molecule has 2 aromatic rings. The van der Waals surface area contributed by atoms with Gasteiger partial charge in [0.2, 0.25) is 5.91 Å². The number of ether oxygens (including phenoxy) is 2. The van der Waals surface area contributed by atoms with E-state index in [4.69, 9.17) is 9.47 Å². The molecule has 2 amide bonds. The maximum Gasteiger partial charge on any atom is 0.342 e. The molecule has 0 heterocycles. The molecule has 7 nitrogen and oxygen atoms in total. The zero-order chi connectivity index (χ0) is 19.6. The number of carbonyl (C=O) groups is 3. The van der Waals surface area contributed by atoms with Gasteiger partial charge in [-0.15, -0.1) is 0 Å². The molecule has 2 rings (SSSR count). The second-order valence-electron chi connectivity index (χ2n) is 5.99. The lowest BCUT2D eigenvalue weighted by atomic mass is 10.2. The number of esters is 1. The van der Waals surface area contributed by atoms with Crippen LogP contribution in [0.15, 0.2) is 54.6 Å². The molecule has 0 aliphatic rings. The number of nitrogens with one attached hydrogen (secondary N) is 2. The Morgan fingerprint density at radius 2 is 1.59 bits per heavy atom. The van der Waals surface area contributed by atoms with Crippen LogP contribution in [-0.4, -0.2) is 37.0 Å². The van der Waals surface area contributed by atoms with Gasteiger partial charge in [0.25, 0.3) is 5.91 Å². The maximum atomic E-state index is 12.3. The summed E-state index contributed by atoms with van der Waals surface area (Å²) in [6.45, 7) is 2.96. The predicted molar refractivity (Wildman–Crippen MR) is 99.5 cm³/mol. The van der Waals surface area contributed by atoms with Crippen LogP contribution >= 0.6 is 0 Å². The van der Waals surface area contributed by atoms with E-state index in [1.54, 1.807) is 36.4 Å². The average molecular weight is 370 g/mol. The highest BCUT2D eigenvalue weighted by Crippen LogP contribution is 2.25. The first-order valence-corrected chi connectivity index (χ1v) is 8.51. The molecule has 0 atom stereocenters. The first-order valence-electron chi connectivity index (χ1n) is 8.51. The van der Waals surface area contributed by atoms with Gasteiger partial charge in [-0.25, -0.2) is 4.79 Å². The van der Waals surface area contributed by atoms with Gasteiger partial charge in [-0.1, -0.05) is 30.3 Å². The zero-order valence-electron chi connectivity index (χ0n) is 15.2. The van der Waals surface area contributed by atoms with Crippen LogP contribution in [0, 0.1) is 0 Å². The van der Waals surface area contributed by atoms with Crippen molar-refractivity contribution in [1.29, 1.82) is 0 Å². The highest BCUT2D eigenvalue weighted by atomic mass is 16.5. The molecule has 0 aliphatic heterocycles. The van der Waals surface area contributed by atoms with Crippen LogP contribution in [0.5, 0.6) is 11.5 Å². The Hall–Kier alpha value is -3.35. The molecular formula is C20H22N2O5. The Bertz CT molecular complexity index is 790. The lowest BCUT2D eigenvalue weighted by Crippen LogP contribution is -2.41. The van der Waals surface area contributed by atoms with Crippen LogP contribution in [0.25, 0.3) is 0 Å². The zero-order valence-corrected chi connectivity index (χ0v) is 15.2. The molecule has 7 heteroatoms. The Morgan fingerprint density at radius 3 is 2.30 bits per heavy atom. The number of rotatable bonds is 8. The number of benzene rings is 2. The van der Waals surface area contributed by atoms with Crippen LogP contribution in [0.2, 0.25) is 0 Å². The van der Waals surface area contributed by atoms with Gasteiger partial charge in [-0.2, -0.15) is 0 Å². The van der Waals surface area contributed by atoms with Gasteiger partial charge in [-0.3, -0.25) is 9.59 Å². The van der Waals surface area contributed by atoms with Crippen molar-refractivity contribution < 1.29 is 23.9 Å². The summed E-state index contributed by atoms with van der Waals surface area (Å²) in [7, 11) is 0. The van der Waals surface area contributed by atoms with Gasteiger partial charge >= 0.3 is 5.97 Å². The summed E-state index contributed by atoms with van der Waals surface area (Å²) in [5, 5.41) is 5.03. The Labute approximate surface area is 157 Å². The molecule has 0 spiro atoms. The third kappa shape index (κ3) is 6.81. The predicted octanol–water partition coefficient (Wildman–Crippen LogP) is 2.28. The van der Waals surface area contributed by atoms with Gasteiger partial charge in [0.15, 0.2) is 6.61 Å². The quantitative estimate of drug-likeness (QED) is 0.696. The van der Waals surface area contributed by atoms with E-state index in [9.17, 15) is 14.4 Å². The van der Waals surface area contributed by atoms with E-state index in [-0.39, 0.29) is 24.1 Å².